The van der Waals surface area contributed by atoms with Gasteiger partial charge in [-0.3, -0.25) is 4.79 Å². The third-order valence-electron chi connectivity index (χ3n) is 4.98. The molecule has 27 heavy (non-hydrogen) atoms. The molecule has 0 spiro atoms. The first-order chi connectivity index (χ1) is 12.9. The normalized spacial score (nSPS) is 16.1. The van der Waals surface area contributed by atoms with Gasteiger partial charge in [0.15, 0.2) is 5.65 Å². The van der Waals surface area contributed by atoms with Gasteiger partial charge in [0.05, 0.1) is 30.5 Å². The van der Waals surface area contributed by atoms with Crippen molar-refractivity contribution in [2.24, 2.45) is 5.41 Å². The monoisotopic (exact) mass is 366 g/mol. The second kappa shape index (κ2) is 6.57. The van der Waals surface area contributed by atoms with Gasteiger partial charge in [-0.1, -0.05) is 13.8 Å². The Balaban J connectivity index is 1.51. The molecular formula is C18H22N8O. The molecule has 1 amide bonds. The van der Waals surface area contributed by atoms with Crippen LogP contribution in [0.5, 0.6) is 0 Å². The number of anilines is 2. The summed E-state index contributed by atoms with van der Waals surface area (Å²) in [6.45, 7) is 4.60. The number of fused-ring (bicyclic) bond motifs is 1. The molecule has 0 unspecified atom stereocenters. The number of aromatic nitrogens is 6. The van der Waals surface area contributed by atoms with Crippen molar-refractivity contribution in [1.82, 2.24) is 29.9 Å². The summed E-state index contributed by atoms with van der Waals surface area (Å²) in [7, 11) is 2.04. The van der Waals surface area contributed by atoms with Gasteiger partial charge in [0.1, 0.15) is 17.9 Å². The Bertz CT molecular complexity index is 960. The molecule has 0 bridgehead atoms. The Morgan fingerprint density at radius 2 is 2.11 bits per heavy atom. The van der Waals surface area contributed by atoms with Crippen LogP contribution in [0.3, 0.4) is 0 Å². The van der Waals surface area contributed by atoms with Crippen LogP contribution < -0.4 is 10.2 Å². The first kappa shape index (κ1) is 17.3. The molecule has 0 saturated heterocycles. The Kier molecular flexibility index (Phi) is 4.21. The zero-order valence-electron chi connectivity index (χ0n) is 15.6. The molecule has 3 heterocycles. The zero-order chi connectivity index (χ0) is 19.0. The molecule has 1 saturated carbocycles. The molecule has 0 radical (unpaired) electrons. The Morgan fingerprint density at radius 3 is 2.81 bits per heavy atom. The third kappa shape index (κ3) is 3.57. The van der Waals surface area contributed by atoms with E-state index in [1.54, 1.807) is 23.1 Å². The van der Waals surface area contributed by atoms with Crippen LogP contribution in [0.4, 0.5) is 11.5 Å². The molecule has 3 aromatic rings. The summed E-state index contributed by atoms with van der Waals surface area (Å²) in [5.74, 6) is 0.581. The number of amides is 1. The smallest absolute Gasteiger partial charge is 0.246 e. The molecular weight excluding hydrogens is 344 g/mol. The minimum atomic E-state index is -0.214. The van der Waals surface area contributed by atoms with Gasteiger partial charge in [-0.05, 0) is 24.3 Å². The summed E-state index contributed by atoms with van der Waals surface area (Å²) in [5.41, 5.74) is 2.24. The summed E-state index contributed by atoms with van der Waals surface area (Å²) >= 11 is 0. The third-order valence-corrected chi connectivity index (χ3v) is 4.98. The van der Waals surface area contributed by atoms with Crippen LogP contribution >= 0.6 is 0 Å². The van der Waals surface area contributed by atoms with Crippen LogP contribution in [-0.4, -0.2) is 48.9 Å². The Morgan fingerprint density at radius 1 is 1.30 bits per heavy atom. The van der Waals surface area contributed by atoms with Gasteiger partial charge in [0, 0.05) is 13.1 Å². The van der Waals surface area contributed by atoms with Gasteiger partial charge in [-0.15, -0.1) is 0 Å². The van der Waals surface area contributed by atoms with Crippen LogP contribution in [0, 0.1) is 5.41 Å². The molecule has 3 aromatic heterocycles. The lowest BCUT2D eigenvalue weighted by molar-refractivity contribution is -0.116. The number of hydrogen-bond acceptors (Lipinski definition) is 7. The number of carbonyl (C=O) groups is 1. The molecule has 1 fully saturated rings. The average Bonchev–Trinajstić information content (AvgIpc) is 3.02. The van der Waals surface area contributed by atoms with E-state index in [4.69, 9.17) is 4.98 Å². The van der Waals surface area contributed by atoms with Gasteiger partial charge in [0.25, 0.3) is 0 Å². The highest BCUT2D eigenvalue weighted by Crippen LogP contribution is 2.43. The van der Waals surface area contributed by atoms with Crippen molar-refractivity contribution in [2.45, 2.75) is 39.3 Å². The van der Waals surface area contributed by atoms with Crippen molar-refractivity contribution in [3.8, 4) is 0 Å². The van der Waals surface area contributed by atoms with Crippen LogP contribution in [0.2, 0.25) is 0 Å². The molecule has 140 valence electrons. The minimum Gasteiger partial charge on any atom is -0.355 e. The van der Waals surface area contributed by atoms with E-state index < -0.39 is 0 Å². The molecule has 0 aromatic carbocycles. The molecule has 1 aliphatic carbocycles. The number of nitrogens with zero attached hydrogens (tertiary/aromatic N) is 7. The summed E-state index contributed by atoms with van der Waals surface area (Å²) in [5, 5.41) is 14.5. The van der Waals surface area contributed by atoms with E-state index in [0.717, 1.165) is 18.7 Å². The van der Waals surface area contributed by atoms with Gasteiger partial charge in [-0.25, -0.2) is 14.6 Å². The fraction of sp³-hybridized carbons (Fsp3) is 0.444. The second-order valence-corrected chi connectivity index (χ2v) is 7.76. The van der Waals surface area contributed by atoms with Crippen molar-refractivity contribution >= 4 is 28.6 Å². The van der Waals surface area contributed by atoms with Crippen LogP contribution in [0.1, 0.15) is 26.7 Å². The quantitative estimate of drug-likeness (QED) is 0.735. The topological polar surface area (TPSA) is 102 Å². The largest absolute Gasteiger partial charge is 0.355 e. The van der Waals surface area contributed by atoms with Gasteiger partial charge < -0.3 is 10.2 Å². The zero-order valence-corrected chi connectivity index (χ0v) is 15.6. The fourth-order valence-corrected chi connectivity index (χ4v) is 3.50. The summed E-state index contributed by atoms with van der Waals surface area (Å²) in [6, 6.07) is 2.14. The van der Waals surface area contributed by atoms with Crippen molar-refractivity contribution in [1.29, 1.82) is 0 Å². The van der Waals surface area contributed by atoms with Gasteiger partial charge in [0.2, 0.25) is 5.91 Å². The molecule has 0 aliphatic heterocycles. The predicted octanol–water partition coefficient (Wildman–Crippen LogP) is 1.88. The number of nitrogens with one attached hydrogen (secondary N) is 1. The minimum absolute atomic E-state index is 0.0458. The summed E-state index contributed by atoms with van der Waals surface area (Å²) in [6.07, 6.45) is 8.66. The van der Waals surface area contributed by atoms with Crippen LogP contribution in [0.25, 0.3) is 11.2 Å². The van der Waals surface area contributed by atoms with E-state index >= 15 is 0 Å². The van der Waals surface area contributed by atoms with Crippen LogP contribution in [0.15, 0.2) is 30.9 Å². The first-order valence-corrected chi connectivity index (χ1v) is 8.89. The lowest BCUT2D eigenvalue weighted by Crippen LogP contribution is -2.47. The lowest BCUT2D eigenvalue weighted by Gasteiger charge is -2.47. The number of hydrogen-bond donors (Lipinski definition) is 1. The Labute approximate surface area is 156 Å². The van der Waals surface area contributed by atoms with E-state index in [2.05, 4.69) is 44.3 Å². The van der Waals surface area contributed by atoms with Gasteiger partial charge >= 0.3 is 0 Å². The highest BCUT2D eigenvalue weighted by atomic mass is 16.2. The summed E-state index contributed by atoms with van der Waals surface area (Å²) < 4.78 is 1.56. The first-order valence-electron chi connectivity index (χ1n) is 8.89. The lowest BCUT2D eigenvalue weighted by atomic mass is 9.68. The average molecular weight is 366 g/mol. The molecule has 0 atom stereocenters. The highest BCUT2D eigenvalue weighted by Gasteiger charge is 2.38. The van der Waals surface area contributed by atoms with Crippen molar-refractivity contribution in [3.63, 3.8) is 0 Å². The molecule has 9 nitrogen and oxygen atoms in total. The van der Waals surface area contributed by atoms with Crippen molar-refractivity contribution < 1.29 is 4.79 Å². The number of carbonyl (C=O) groups excluding carboxylic acids is 1. The fourth-order valence-electron chi connectivity index (χ4n) is 3.50. The van der Waals surface area contributed by atoms with Crippen molar-refractivity contribution in [3.05, 3.63) is 30.9 Å². The SMILES string of the molecule is CN(c1cnc2cnn(CC(=O)Nc3ccnnc3)c2n1)C1CC(C)(C)C1. The molecule has 9 heteroatoms. The van der Waals surface area contributed by atoms with E-state index in [0.29, 0.717) is 28.3 Å². The van der Waals surface area contributed by atoms with E-state index in [1.165, 1.54) is 12.4 Å². The second-order valence-electron chi connectivity index (χ2n) is 7.76. The van der Waals surface area contributed by atoms with Crippen molar-refractivity contribution in [2.75, 3.05) is 17.3 Å². The predicted molar refractivity (Wildman–Crippen MR) is 101 cm³/mol. The molecule has 1 N–H and O–H groups in total. The maximum Gasteiger partial charge on any atom is 0.246 e. The maximum atomic E-state index is 12.3. The van der Waals surface area contributed by atoms with E-state index in [-0.39, 0.29) is 12.5 Å². The molecule has 4 rings (SSSR count). The van der Waals surface area contributed by atoms with Crippen LogP contribution in [-0.2, 0) is 11.3 Å². The Hall–Kier alpha value is -3.10. The van der Waals surface area contributed by atoms with E-state index in [9.17, 15) is 4.79 Å². The standard InChI is InChI=1S/C18H22N8O/c1-18(2)6-13(7-18)25(3)15-10-19-14-9-22-26(17(14)24-15)11-16(27)23-12-4-5-20-21-8-12/h4-5,8-10,13H,6-7,11H2,1-3H3,(H,20,23,27). The highest BCUT2D eigenvalue weighted by molar-refractivity contribution is 5.91. The maximum absolute atomic E-state index is 12.3. The van der Waals surface area contributed by atoms with Gasteiger partial charge in [-0.2, -0.15) is 15.3 Å². The summed E-state index contributed by atoms with van der Waals surface area (Å²) in [4.78, 5) is 23.6. The number of rotatable bonds is 5. The molecule has 1 aliphatic rings. The van der Waals surface area contributed by atoms with E-state index in [1.807, 2.05) is 7.05 Å².